The van der Waals surface area contributed by atoms with Gasteiger partial charge in [-0.1, -0.05) is 6.92 Å². The molecule has 7 heteroatoms. The van der Waals surface area contributed by atoms with E-state index in [1.54, 1.807) is 7.05 Å². The predicted octanol–water partition coefficient (Wildman–Crippen LogP) is 0.358. The molecular weight excluding hydrogens is 296 g/mol. The van der Waals surface area contributed by atoms with Gasteiger partial charge < -0.3 is 25.0 Å². The fourth-order valence-corrected chi connectivity index (χ4v) is 2.95. The van der Waals surface area contributed by atoms with Crippen LogP contribution < -0.4 is 10.6 Å². The first-order chi connectivity index (χ1) is 11.2. The fourth-order valence-electron chi connectivity index (χ4n) is 2.95. The Morgan fingerprint density at radius 1 is 1.43 bits per heavy atom. The number of amides is 1. The zero-order valence-electron chi connectivity index (χ0n) is 14.3. The molecule has 2 fully saturated rings. The summed E-state index contributed by atoms with van der Waals surface area (Å²) < 4.78 is 11.1. The van der Waals surface area contributed by atoms with Crippen LogP contribution in [0.3, 0.4) is 0 Å². The van der Waals surface area contributed by atoms with Crippen molar-refractivity contribution in [2.75, 3.05) is 46.5 Å². The summed E-state index contributed by atoms with van der Waals surface area (Å²) >= 11 is 0. The van der Waals surface area contributed by atoms with E-state index in [2.05, 4.69) is 15.6 Å². The molecule has 0 radical (unpaired) electrons. The van der Waals surface area contributed by atoms with Gasteiger partial charge in [0.2, 0.25) is 5.91 Å². The third kappa shape index (κ3) is 5.99. The van der Waals surface area contributed by atoms with Crippen LogP contribution >= 0.6 is 0 Å². The quantitative estimate of drug-likeness (QED) is 0.401. The number of ether oxygens (including phenoxy) is 2. The van der Waals surface area contributed by atoms with Crippen LogP contribution in [0.1, 0.15) is 32.6 Å². The van der Waals surface area contributed by atoms with E-state index in [9.17, 15) is 4.79 Å². The number of rotatable bonds is 7. The second kappa shape index (κ2) is 9.72. The van der Waals surface area contributed by atoms with E-state index in [0.717, 1.165) is 44.9 Å². The number of hydrogen-bond acceptors (Lipinski definition) is 4. The molecular formula is C16H30N4O3. The molecule has 2 rings (SSSR count). The molecule has 0 aliphatic carbocycles. The van der Waals surface area contributed by atoms with Gasteiger partial charge in [-0.25, -0.2) is 0 Å². The number of carbonyl (C=O) groups is 1. The van der Waals surface area contributed by atoms with Gasteiger partial charge in [0.05, 0.1) is 19.3 Å². The third-order valence-electron chi connectivity index (χ3n) is 4.27. The zero-order chi connectivity index (χ0) is 16.5. The summed E-state index contributed by atoms with van der Waals surface area (Å²) in [4.78, 5) is 17.8. The van der Waals surface area contributed by atoms with Gasteiger partial charge in [-0.05, 0) is 19.3 Å². The van der Waals surface area contributed by atoms with Crippen molar-refractivity contribution in [3.8, 4) is 0 Å². The summed E-state index contributed by atoms with van der Waals surface area (Å²) in [5.74, 6) is 0.987. The molecule has 2 unspecified atom stereocenters. The van der Waals surface area contributed by atoms with Crippen LogP contribution in [-0.2, 0) is 14.3 Å². The normalized spacial score (nSPS) is 25.0. The van der Waals surface area contributed by atoms with E-state index in [1.807, 2.05) is 11.8 Å². The second-order valence-corrected chi connectivity index (χ2v) is 6.03. The Balaban J connectivity index is 1.57. The molecule has 23 heavy (non-hydrogen) atoms. The highest BCUT2D eigenvalue weighted by molar-refractivity contribution is 5.80. The van der Waals surface area contributed by atoms with Crippen LogP contribution in [0.5, 0.6) is 0 Å². The molecule has 2 aliphatic rings. The molecule has 132 valence electrons. The molecule has 0 aromatic rings. The molecule has 0 aromatic heterocycles. The van der Waals surface area contributed by atoms with Crippen molar-refractivity contribution < 1.29 is 14.3 Å². The van der Waals surface area contributed by atoms with Crippen molar-refractivity contribution in [2.24, 2.45) is 4.99 Å². The van der Waals surface area contributed by atoms with E-state index in [1.165, 1.54) is 0 Å². The van der Waals surface area contributed by atoms with E-state index in [0.29, 0.717) is 26.2 Å². The molecule has 1 amide bonds. The van der Waals surface area contributed by atoms with Crippen molar-refractivity contribution in [2.45, 2.75) is 44.8 Å². The summed E-state index contributed by atoms with van der Waals surface area (Å²) in [7, 11) is 1.76. The average molecular weight is 326 g/mol. The van der Waals surface area contributed by atoms with Crippen molar-refractivity contribution in [3.63, 3.8) is 0 Å². The Morgan fingerprint density at radius 2 is 2.30 bits per heavy atom. The number of guanidine groups is 1. The van der Waals surface area contributed by atoms with Crippen LogP contribution in [-0.4, -0.2) is 75.4 Å². The number of hydrogen-bond donors (Lipinski definition) is 2. The predicted molar refractivity (Wildman–Crippen MR) is 89.6 cm³/mol. The van der Waals surface area contributed by atoms with Crippen molar-refractivity contribution >= 4 is 11.9 Å². The Bertz CT molecular complexity index is 397. The number of nitrogens with zero attached hydrogens (tertiary/aromatic N) is 2. The summed E-state index contributed by atoms with van der Waals surface area (Å²) in [6.07, 6.45) is 4.05. The average Bonchev–Trinajstić information content (AvgIpc) is 3.24. The van der Waals surface area contributed by atoms with Gasteiger partial charge >= 0.3 is 0 Å². The Morgan fingerprint density at radius 3 is 3.00 bits per heavy atom. The number of nitrogens with one attached hydrogen (secondary N) is 2. The lowest BCUT2D eigenvalue weighted by Gasteiger charge is -2.19. The summed E-state index contributed by atoms with van der Waals surface area (Å²) in [6.45, 7) is 6.35. The minimum Gasteiger partial charge on any atom is -0.377 e. The van der Waals surface area contributed by atoms with Crippen LogP contribution in [0.15, 0.2) is 4.99 Å². The zero-order valence-corrected chi connectivity index (χ0v) is 14.3. The van der Waals surface area contributed by atoms with E-state index < -0.39 is 0 Å². The van der Waals surface area contributed by atoms with Crippen molar-refractivity contribution in [1.29, 1.82) is 0 Å². The second-order valence-electron chi connectivity index (χ2n) is 6.03. The van der Waals surface area contributed by atoms with Crippen LogP contribution in [0.4, 0.5) is 0 Å². The van der Waals surface area contributed by atoms with Gasteiger partial charge in [0, 0.05) is 45.8 Å². The van der Waals surface area contributed by atoms with Gasteiger partial charge in [0.1, 0.15) is 0 Å². The molecule has 0 bridgehead atoms. The minimum absolute atomic E-state index is 0.222. The number of likely N-dealkylation sites (tertiary alicyclic amines) is 1. The number of carbonyl (C=O) groups excluding carboxylic acids is 1. The SMILES string of the molecule is CCC(=O)N1CCC(NC(=NC)NCCOCC2CCCO2)C1. The smallest absolute Gasteiger partial charge is 0.222 e. The van der Waals surface area contributed by atoms with Gasteiger partial charge in [0.25, 0.3) is 0 Å². The maximum absolute atomic E-state index is 11.7. The van der Waals surface area contributed by atoms with Crippen LogP contribution in [0.2, 0.25) is 0 Å². The number of aliphatic imine (C=N–C) groups is 1. The van der Waals surface area contributed by atoms with Crippen LogP contribution in [0, 0.1) is 0 Å². The maximum Gasteiger partial charge on any atom is 0.222 e. The topological polar surface area (TPSA) is 75.2 Å². The third-order valence-corrected chi connectivity index (χ3v) is 4.27. The van der Waals surface area contributed by atoms with Gasteiger partial charge in [-0.2, -0.15) is 0 Å². The van der Waals surface area contributed by atoms with Gasteiger partial charge in [-0.15, -0.1) is 0 Å². The summed E-state index contributed by atoms with van der Waals surface area (Å²) in [6, 6.07) is 0.268. The van der Waals surface area contributed by atoms with Crippen molar-refractivity contribution in [3.05, 3.63) is 0 Å². The van der Waals surface area contributed by atoms with Crippen molar-refractivity contribution in [1.82, 2.24) is 15.5 Å². The van der Waals surface area contributed by atoms with Crippen LogP contribution in [0.25, 0.3) is 0 Å². The van der Waals surface area contributed by atoms with E-state index in [-0.39, 0.29) is 18.1 Å². The Labute approximate surface area is 138 Å². The first-order valence-corrected chi connectivity index (χ1v) is 8.67. The lowest BCUT2D eigenvalue weighted by Crippen LogP contribution is -2.45. The van der Waals surface area contributed by atoms with Gasteiger partial charge in [-0.3, -0.25) is 9.79 Å². The summed E-state index contributed by atoms with van der Waals surface area (Å²) in [5.41, 5.74) is 0. The lowest BCUT2D eigenvalue weighted by molar-refractivity contribution is -0.129. The molecule has 2 atom stereocenters. The monoisotopic (exact) mass is 326 g/mol. The molecule has 2 aliphatic heterocycles. The lowest BCUT2D eigenvalue weighted by atomic mass is 10.2. The first-order valence-electron chi connectivity index (χ1n) is 8.67. The molecule has 0 spiro atoms. The summed E-state index contributed by atoms with van der Waals surface area (Å²) in [5, 5.41) is 6.62. The standard InChI is InChI=1S/C16H30N4O3/c1-3-15(21)20-8-6-13(11-20)19-16(17-2)18-7-10-22-12-14-5-4-9-23-14/h13-14H,3-12H2,1-2H3,(H2,17,18,19). The fraction of sp³-hybridized carbons (Fsp3) is 0.875. The molecule has 2 saturated heterocycles. The molecule has 0 aromatic carbocycles. The molecule has 2 heterocycles. The Kier molecular flexibility index (Phi) is 7.61. The van der Waals surface area contributed by atoms with Gasteiger partial charge in [0.15, 0.2) is 5.96 Å². The molecule has 2 N–H and O–H groups in total. The van der Waals surface area contributed by atoms with E-state index >= 15 is 0 Å². The minimum atomic E-state index is 0.222. The largest absolute Gasteiger partial charge is 0.377 e. The highest BCUT2D eigenvalue weighted by Crippen LogP contribution is 2.12. The maximum atomic E-state index is 11.7. The highest BCUT2D eigenvalue weighted by atomic mass is 16.5. The Hall–Kier alpha value is -1.34. The highest BCUT2D eigenvalue weighted by Gasteiger charge is 2.25. The molecule has 0 saturated carbocycles. The van der Waals surface area contributed by atoms with E-state index in [4.69, 9.17) is 9.47 Å². The molecule has 7 nitrogen and oxygen atoms in total. The first kappa shape index (κ1) is 18.0.